The van der Waals surface area contributed by atoms with Gasteiger partial charge in [0.05, 0.1) is 0 Å². The second kappa shape index (κ2) is 6.37. The number of benzene rings is 1. The fourth-order valence-corrected chi connectivity index (χ4v) is 0.532. The van der Waals surface area contributed by atoms with Crippen LogP contribution in [0.4, 0.5) is 4.79 Å². The van der Waals surface area contributed by atoms with E-state index in [0.29, 0.717) is 0 Å². The van der Waals surface area contributed by atoms with E-state index in [1.807, 2.05) is 18.2 Å². The summed E-state index contributed by atoms with van der Waals surface area (Å²) in [5.41, 5.74) is -0.632. The van der Waals surface area contributed by atoms with Gasteiger partial charge in [0.25, 0.3) is 0 Å². The molecule has 0 amide bonds. The molecule has 1 aromatic rings. The van der Waals surface area contributed by atoms with Crippen LogP contribution in [-0.4, -0.2) is 16.8 Å². The van der Waals surface area contributed by atoms with E-state index in [1.165, 1.54) is 0 Å². The van der Waals surface area contributed by atoms with E-state index in [0.717, 1.165) is 11.8 Å². The van der Waals surface area contributed by atoms with E-state index in [4.69, 9.17) is 9.90 Å². The Labute approximate surface area is 74.6 Å². The molecular formula is C8H7ClO3. The molecule has 0 heterocycles. The summed E-state index contributed by atoms with van der Waals surface area (Å²) in [5.74, 6) is 0. The van der Waals surface area contributed by atoms with Gasteiger partial charge in [0, 0.05) is 17.2 Å². The Morgan fingerprint density at radius 1 is 1.33 bits per heavy atom. The Kier molecular flexibility index (Phi) is 5.65. The highest BCUT2D eigenvalue weighted by Crippen LogP contribution is 1.91. The maximum atomic E-state index is 10.0. The highest BCUT2D eigenvalue weighted by atomic mass is 35.5. The number of hydrogen-bond acceptors (Lipinski definition) is 2. The average molecular weight is 187 g/mol. The monoisotopic (exact) mass is 186 g/mol. The highest BCUT2D eigenvalue weighted by molar-refractivity contribution is 6.60. The summed E-state index contributed by atoms with van der Waals surface area (Å²) in [4.78, 5) is 18.8. The maximum Gasteiger partial charge on any atom is 0.401 e. The first kappa shape index (κ1) is 10.7. The third kappa shape index (κ3) is 6.77. The van der Waals surface area contributed by atoms with Gasteiger partial charge in [-0.2, -0.15) is 0 Å². The standard InChI is InChI=1S/C7H6O.CHClO2/c8-6-7-4-2-1-3-5-7;2-1(3)4/h1-6H;(H,3,4). The molecule has 64 valence electrons. The van der Waals surface area contributed by atoms with Crippen LogP contribution in [0.25, 0.3) is 0 Å². The molecule has 1 aromatic carbocycles. The van der Waals surface area contributed by atoms with E-state index < -0.39 is 5.43 Å². The molecule has 0 spiro atoms. The summed E-state index contributed by atoms with van der Waals surface area (Å²) in [5, 5.41) is 7.18. The lowest BCUT2D eigenvalue weighted by Crippen LogP contribution is -1.73. The fourth-order valence-electron chi connectivity index (χ4n) is 0.532. The van der Waals surface area contributed by atoms with Gasteiger partial charge in [-0.15, -0.1) is 0 Å². The van der Waals surface area contributed by atoms with Crippen LogP contribution in [0.1, 0.15) is 10.4 Å². The third-order valence-electron chi connectivity index (χ3n) is 0.936. The first-order valence-electron chi connectivity index (χ1n) is 3.05. The molecule has 0 aromatic heterocycles. The highest BCUT2D eigenvalue weighted by Gasteiger charge is 1.80. The van der Waals surface area contributed by atoms with Crippen LogP contribution in [0, 0.1) is 0 Å². The van der Waals surface area contributed by atoms with Crippen molar-refractivity contribution in [2.45, 2.75) is 0 Å². The molecule has 0 bridgehead atoms. The molecule has 0 saturated carbocycles. The van der Waals surface area contributed by atoms with Crippen molar-refractivity contribution in [2.75, 3.05) is 0 Å². The minimum Gasteiger partial charge on any atom is -0.469 e. The molecule has 0 aliphatic rings. The third-order valence-corrected chi connectivity index (χ3v) is 0.936. The van der Waals surface area contributed by atoms with Crippen LogP contribution in [0.2, 0.25) is 0 Å². The minimum absolute atomic E-state index is 0.729. The Hall–Kier alpha value is -1.35. The lowest BCUT2D eigenvalue weighted by molar-refractivity contribution is 0.112. The number of carbonyl (C=O) groups excluding carboxylic acids is 1. The molecule has 12 heavy (non-hydrogen) atoms. The first-order valence-corrected chi connectivity index (χ1v) is 3.43. The van der Waals surface area contributed by atoms with Crippen molar-refractivity contribution in [3.63, 3.8) is 0 Å². The van der Waals surface area contributed by atoms with E-state index >= 15 is 0 Å². The van der Waals surface area contributed by atoms with Crippen molar-refractivity contribution in [3.05, 3.63) is 35.9 Å². The molecule has 0 radical (unpaired) electrons. The fraction of sp³-hybridized carbons (Fsp3) is 0. The number of carbonyl (C=O) groups is 2. The molecule has 3 nitrogen and oxygen atoms in total. The maximum absolute atomic E-state index is 10.0. The molecule has 0 fully saturated rings. The van der Waals surface area contributed by atoms with Gasteiger partial charge >= 0.3 is 5.43 Å². The van der Waals surface area contributed by atoms with Gasteiger partial charge in [0.2, 0.25) is 0 Å². The van der Waals surface area contributed by atoms with Crippen LogP contribution < -0.4 is 0 Å². The predicted octanol–water partition coefficient (Wildman–Crippen LogP) is 2.40. The largest absolute Gasteiger partial charge is 0.469 e. The summed E-state index contributed by atoms with van der Waals surface area (Å²) in [6, 6.07) is 9.10. The lowest BCUT2D eigenvalue weighted by Gasteiger charge is -1.81. The van der Waals surface area contributed by atoms with Crippen LogP contribution in [0.5, 0.6) is 0 Å². The van der Waals surface area contributed by atoms with E-state index in [9.17, 15) is 4.79 Å². The number of rotatable bonds is 1. The van der Waals surface area contributed by atoms with Crippen LogP contribution >= 0.6 is 11.6 Å². The predicted molar refractivity (Wildman–Crippen MR) is 45.7 cm³/mol. The van der Waals surface area contributed by atoms with Crippen molar-refractivity contribution in [1.29, 1.82) is 0 Å². The van der Waals surface area contributed by atoms with Crippen molar-refractivity contribution in [2.24, 2.45) is 0 Å². The van der Waals surface area contributed by atoms with Crippen LogP contribution in [0.3, 0.4) is 0 Å². The van der Waals surface area contributed by atoms with Gasteiger partial charge in [-0.25, -0.2) is 4.79 Å². The van der Waals surface area contributed by atoms with Crippen molar-refractivity contribution < 1.29 is 14.7 Å². The van der Waals surface area contributed by atoms with Gasteiger partial charge in [-0.1, -0.05) is 30.3 Å². The zero-order valence-corrected chi connectivity index (χ0v) is 6.86. The smallest absolute Gasteiger partial charge is 0.401 e. The van der Waals surface area contributed by atoms with Crippen molar-refractivity contribution in [3.8, 4) is 0 Å². The minimum atomic E-state index is -1.36. The van der Waals surface area contributed by atoms with Crippen LogP contribution in [-0.2, 0) is 0 Å². The Morgan fingerprint density at radius 2 is 1.75 bits per heavy atom. The summed E-state index contributed by atoms with van der Waals surface area (Å²) < 4.78 is 0. The summed E-state index contributed by atoms with van der Waals surface area (Å²) in [7, 11) is 0. The summed E-state index contributed by atoms with van der Waals surface area (Å²) in [6.07, 6.45) is 0.833. The molecule has 4 heteroatoms. The molecular weight excluding hydrogens is 180 g/mol. The van der Waals surface area contributed by atoms with E-state index in [1.54, 1.807) is 12.1 Å². The summed E-state index contributed by atoms with van der Waals surface area (Å²) in [6.45, 7) is 0. The van der Waals surface area contributed by atoms with E-state index in [2.05, 4.69) is 11.6 Å². The van der Waals surface area contributed by atoms with Gasteiger partial charge in [0.1, 0.15) is 6.29 Å². The van der Waals surface area contributed by atoms with Gasteiger partial charge in [-0.3, -0.25) is 4.79 Å². The lowest BCUT2D eigenvalue weighted by atomic mass is 10.2. The molecule has 0 atom stereocenters. The SMILES string of the molecule is O=C(O)Cl.O=Cc1ccccc1. The topological polar surface area (TPSA) is 54.4 Å². The van der Waals surface area contributed by atoms with Crippen molar-refractivity contribution >= 4 is 23.3 Å². The molecule has 0 unspecified atom stereocenters. The molecule has 0 aliphatic heterocycles. The van der Waals surface area contributed by atoms with E-state index in [-0.39, 0.29) is 0 Å². The zero-order chi connectivity index (χ0) is 9.40. The Balaban J connectivity index is 0.000000261. The molecule has 1 N–H and O–H groups in total. The second-order valence-electron chi connectivity index (χ2n) is 1.78. The molecule has 0 saturated heterocycles. The second-order valence-corrected chi connectivity index (χ2v) is 2.10. The Morgan fingerprint density at radius 3 is 2.00 bits per heavy atom. The number of halogens is 1. The van der Waals surface area contributed by atoms with Crippen LogP contribution in [0.15, 0.2) is 30.3 Å². The Bertz CT molecular complexity index is 242. The van der Waals surface area contributed by atoms with Gasteiger partial charge < -0.3 is 5.11 Å². The van der Waals surface area contributed by atoms with Crippen molar-refractivity contribution in [1.82, 2.24) is 0 Å². The zero-order valence-electron chi connectivity index (χ0n) is 6.11. The van der Waals surface area contributed by atoms with Gasteiger partial charge in [0.15, 0.2) is 0 Å². The average Bonchev–Trinajstić information content (AvgIpc) is 2.05. The quantitative estimate of drug-likeness (QED) is 0.541. The molecule has 0 aliphatic carbocycles. The number of carboxylic acid groups (broad SMARTS) is 1. The normalized spacial score (nSPS) is 7.75. The van der Waals surface area contributed by atoms with Gasteiger partial charge in [-0.05, 0) is 0 Å². The first-order chi connectivity index (χ1) is 5.66. The number of aldehydes is 1. The number of hydrogen-bond donors (Lipinski definition) is 1. The molecule has 1 rings (SSSR count). The summed E-state index contributed by atoms with van der Waals surface area (Å²) >= 11 is 4.19.